The molecule has 0 aliphatic rings. The first kappa shape index (κ1) is 31.6. The molecule has 3 heteroatoms. The van der Waals surface area contributed by atoms with E-state index in [1.54, 1.807) is 0 Å². The quantitative estimate of drug-likeness (QED) is 0.181. The molecule has 0 radical (unpaired) electrons. The van der Waals surface area contributed by atoms with Crippen LogP contribution in [0.25, 0.3) is 86.1 Å². The second-order valence-corrected chi connectivity index (χ2v) is 15.3. The van der Waals surface area contributed by atoms with Gasteiger partial charge in [0.05, 0.1) is 5.52 Å². The van der Waals surface area contributed by atoms with Crippen molar-refractivity contribution in [3.63, 3.8) is 0 Å². The Balaban J connectivity index is 1.15. The van der Waals surface area contributed by atoms with E-state index in [9.17, 15) is 0 Å². The van der Waals surface area contributed by atoms with Crippen LogP contribution < -0.4 is 4.90 Å². The standard InChI is InChI=1S/C52H34N2S/c1-3-12-34(13-4-1)36-22-26-40(27-23-36)54(41-28-24-37(25-29-41)35-14-5-2-6-15-35)42-32-47(51-45-18-9-10-21-49(45)55-50(51)33-42)44-20-11-19-43-46-30-38-16-7-8-17-39(38)31-48(46)53-52(43)44/h1-33,53H. The molecule has 0 amide bonds. The van der Waals surface area contributed by atoms with Gasteiger partial charge in [-0.2, -0.15) is 0 Å². The number of fused-ring (bicyclic) bond motifs is 7. The zero-order chi connectivity index (χ0) is 36.3. The maximum atomic E-state index is 3.89. The maximum absolute atomic E-state index is 3.89. The normalized spacial score (nSPS) is 11.6. The smallest absolute Gasteiger partial charge is 0.0544 e. The predicted octanol–water partition coefficient (Wildman–Crippen LogP) is 15.3. The molecule has 2 aromatic heterocycles. The van der Waals surface area contributed by atoms with Crippen LogP contribution in [0.3, 0.4) is 0 Å². The first-order chi connectivity index (χ1) is 27.2. The van der Waals surface area contributed by atoms with Gasteiger partial charge in [-0.05, 0) is 93.2 Å². The molecular weight excluding hydrogens is 685 g/mol. The molecule has 0 aliphatic heterocycles. The summed E-state index contributed by atoms with van der Waals surface area (Å²) in [5.41, 5.74) is 12.9. The highest BCUT2D eigenvalue weighted by Crippen LogP contribution is 2.47. The third-order valence-electron chi connectivity index (χ3n) is 11.0. The van der Waals surface area contributed by atoms with E-state index in [0.717, 1.165) is 28.1 Å². The Morgan fingerprint density at radius 3 is 1.60 bits per heavy atom. The van der Waals surface area contributed by atoms with Crippen molar-refractivity contribution in [2.45, 2.75) is 0 Å². The van der Waals surface area contributed by atoms with Crippen molar-refractivity contribution in [3.8, 4) is 33.4 Å². The molecule has 11 rings (SSSR count). The Morgan fingerprint density at radius 2 is 0.927 bits per heavy atom. The third kappa shape index (κ3) is 5.40. The van der Waals surface area contributed by atoms with Crippen LogP contribution in [0.4, 0.5) is 17.1 Å². The van der Waals surface area contributed by atoms with Gasteiger partial charge in [-0.3, -0.25) is 0 Å². The number of hydrogen-bond acceptors (Lipinski definition) is 2. The zero-order valence-corrected chi connectivity index (χ0v) is 30.7. The summed E-state index contributed by atoms with van der Waals surface area (Å²) in [5.74, 6) is 0. The molecule has 1 N–H and O–H groups in total. The van der Waals surface area contributed by atoms with Crippen molar-refractivity contribution in [1.29, 1.82) is 0 Å². The lowest BCUT2D eigenvalue weighted by Gasteiger charge is -2.27. The van der Waals surface area contributed by atoms with Crippen LogP contribution in [0, 0.1) is 0 Å². The van der Waals surface area contributed by atoms with Crippen molar-refractivity contribution in [2.75, 3.05) is 4.90 Å². The summed E-state index contributed by atoms with van der Waals surface area (Å²) >= 11 is 1.87. The van der Waals surface area contributed by atoms with Gasteiger partial charge in [0.2, 0.25) is 0 Å². The molecule has 0 unspecified atom stereocenters. The van der Waals surface area contributed by atoms with Crippen molar-refractivity contribution < 1.29 is 0 Å². The fourth-order valence-corrected chi connectivity index (χ4v) is 9.50. The second kappa shape index (κ2) is 12.9. The summed E-state index contributed by atoms with van der Waals surface area (Å²) < 4.78 is 2.55. The largest absolute Gasteiger partial charge is 0.354 e. The van der Waals surface area contributed by atoms with Crippen LogP contribution in [0.15, 0.2) is 200 Å². The predicted molar refractivity (Wildman–Crippen MR) is 237 cm³/mol. The van der Waals surface area contributed by atoms with Crippen LogP contribution in [0.5, 0.6) is 0 Å². The lowest BCUT2D eigenvalue weighted by atomic mass is 9.96. The van der Waals surface area contributed by atoms with Crippen LogP contribution in [-0.4, -0.2) is 4.98 Å². The molecule has 0 saturated heterocycles. The van der Waals surface area contributed by atoms with Gasteiger partial charge in [0.25, 0.3) is 0 Å². The number of nitrogens with one attached hydrogen (secondary N) is 1. The minimum Gasteiger partial charge on any atom is -0.354 e. The summed E-state index contributed by atoms with van der Waals surface area (Å²) in [6.45, 7) is 0. The van der Waals surface area contributed by atoms with Crippen molar-refractivity contribution in [1.82, 2.24) is 4.98 Å². The third-order valence-corrected chi connectivity index (χ3v) is 12.1. The molecule has 55 heavy (non-hydrogen) atoms. The maximum Gasteiger partial charge on any atom is 0.0544 e. The zero-order valence-electron chi connectivity index (χ0n) is 29.9. The van der Waals surface area contributed by atoms with Gasteiger partial charge in [0, 0.05) is 59.1 Å². The molecule has 0 fully saturated rings. The summed E-state index contributed by atoms with van der Waals surface area (Å²) in [7, 11) is 0. The van der Waals surface area contributed by atoms with Crippen LogP contribution in [-0.2, 0) is 0 Å². The number of benzene rings is 9. The van der Waals surface area contributed by atoms with Crippen LogP contribution in [0.1, 0.15) is 0 Å². The Labute approximate surface area is 323 Å². The molecule has 0 spiro atoms. The number of aromatic amines is 1. The number of hydrogen-bond donors (Lipinski definition) is 1. The molecular formula is C52H34N2S. The van der Waals surface area contributed by atoms with E-state index < -0.39 is 0 Å². The monoisotopic (exact) mass is 718 g/mol. The van der Waals surface area contributed by atoms with Gasteiger partial charge in [0.1, 0.15) is 0 Å². The molecule has 0 aliphatic carbocycles. The SMILES string of the molecule is c1ccc(-c2ccc(N(c3ccc(-c4ccccc4)cc3)c3cc(-c4cccc5c4[nH]c4cc6ccccc6cc45)c4c(c3)sc3ccccc34)cc2)cc1. The van der Waals surface area contributed by atoms with Gasteiger partial charge >= 0.3 is 0 Å². The van der Waals surface area contributed by atoms with Gasteiger partial charge in [-0.15, -0.1) is 11.3 Å². The second-order valence-electron chi connectivity index (χ2n) is 14.2. The van der Waals surface area contributed by atoms with E-state index >= 15 is 0 Å². The van der Waals surface area contributed by atoms with E-state index in [0.29, 0.717) is 0 Å². The molecule has 2 heterocycles. The number of aromatic nitrogens is 1. The summed E-state index contributed by atoms with van der Waals surface area (Å²) in [6, 6.07) is 72.9. The fraction of sp³-hybridized carbons (Fsp3) is 0. The lowest BCUT2D eigenvalue weighted by Crippen LogP contribution is -2.10. The Kier molecular flexibility index (Phi) is 7.39. The molecule has 0 bridgehead atoms. The van der Waals surface area contributed by atoms with Crippen LogP contribution in [0.2, 0.25) is 0 Å². The molecule has 9 aromatic carbocycles. The van der Waals surface area contributed by atoms with E-state index in [2.05, 4.69) is 210 Å². The van der Waals surface area contributed by atoms with Gasteiger partial charge in [-0.25, -0.2) is 0 Å². The average Bonchev–Trinajstić information content (AvgIpc) is 3.82. The van der Waals surface area contributed by atoms with E-state index in [1.165, 1.54) is 75.1 Å². The van der Waals surface area contributed by atoms with Crippen molar-refractivity contribution in [3.05, 3.63) is 200 Å². The van der Waals surface area contributed by atoms with Gasteiger partial charge in [-0.1, -0.05) is 146 Å². The first-order valence-corrected chi connectivity index (χ1v) is 19.6. The summed E-state index contributed by atoms with van der Waals surface area (Å²) in [5, 5.41) is 7.55. The van der Waals surface area contributed by atoms with E-state index in [1.807, 2.05) is 11.3 Å². The number of nitrogens with zero attached hydrogens (tertiary/aromatic N) is 1. The highest BCUT2D eigenvalue weighted by atomic mass is 32.1. The van der Waals surface area contributed by atoms with Crippen LogP contribution >= 0.6 is 11.3 Å². The first-order valence-electron chi connectivity index (χ1n) is 18.8. The molecule has 0 saturated carbocycles. The topological polar surface area (TPSA) is 19.0 Å². The van der Waals surface area contributed by atoms with Gasteiger partial charge < -0.3 is 9.88 Å². The lowest BCUT2D eigenvalue weighted by molar-refractivity contribution is 1.29. The number of anilines is 3. The fourth-order valence-electron chi connectivity index (χ4n) is 8.33. The van der Waals surface area contributed by atoms with Crippen molar-refractivity contribution >= 4 is 81.1 Å². The molecule has 11 aromatic rings. The number of H-pyrrole nitrogens is 1. The van der Waals surface area contributed by atoms with Gasteiger partial charge in [0.15, 0.2) is 0 Å². The average molecular weight is 719 g/mol. The Hall–Kier alpha value is -6.94. The number of para-hydroxylation sites is 1. The Morgan fingerprint density at radius 1 is 0.364 bits per heavy atom. The Bertz CT molecular complexity index is 3090. The highest BCUT2D eigenvalue weighted by Gasteiger charge is 2.21. The summed E-state index contributed by atoms with van der Waals surface area (Å²) in [4.78, 5) is 6.30. The van der Waals surface area contributed by atoms with E-state index in [4.69, 9.17) is 0 Å². The highest BCUT2D eigenvalue weighted by molar-refractivity contribution is 7.26. The minimum atomic E-state index is 1.11. The van der Waals surface area contributed by atoms with E-state index in [-0.39, 0.29) is 0 Å². The molecule has 0 atom stereocenters. The molecule has 2 nitrogen and oxygen atoms in total. The van der Waals surface area contributed by atoms with Crippen molar-refractivity contribution in [2.24, 2.45) is 0 Å². The molecule has 258 valence electrons. The minimum absolute atomic E-state index is 1.11. The number of rotatable bonds is 6. The summed E-state index contributed by atoms with van der Waals surface area (Å²) in [6.07, 6.45) is 0. The number of thiophene rings is 1.